The van der Waals surface area contributed by atoms with Gasteiger partial charge in [-0.25, -0.2) is 0 Å². The van der Waals surface area contributed by atoms with Crippen LogP contribution < -0.4 is 0 Å². The third-order valence-corrected chi connectivity index (χ3v) is 5.87. The summed E-state index contributed by atoms with van der Waals surface area (Å²) in [5.41, 5.74) is 1.09. The predicted octanol–water partition coefficient (Wildman–Crippen LogP) is 2.11. The molecule has 6 heteroatoms. The summed E-state index contributed by atoms with van der Waals surface area (Å²) in [7, 11) is 2.50. The Morgan fingerprint density at radius 3 is 2.44 bits per heavy atom. The molecule has 2 heterocycles. The van der Waals surface area contributed by atoms with Gasteiger partial charge in [0.25, 0.3) is 0 Å². The molecular formula is C19H20O6. The van der Waals surface area contributed by atoms with Crippen molar-refractivity contribution in [1.29, 1.82) is 0 Å². The van der Waals surface area contributed by atoms with Crippen LogP contribution in [0, 0.1) is 11.3 Å². The van der Waals surface area contributed by atoms with Gasteiger partial charge in [-0.3, -0.25) is 9.59 Å². The van der Waals surface area contributed by atoms with E-state index in [1.165, 1.54) is 14.2 Å². The van der Waals surface area contributed by atoms with Crippen molar-refractivity contribution >= 4 is 11.9 Å². The Labute approximate surface area is 145 Å². The van der Waals surface area contributed by atoms with Gasteiger partial charge in [-0.1, -0.05) is 31.2 Å². The lowest BCUT2D eigenvalue weighted by molar-refractivity contribution is -0.175. The standard InChI is InChI=1S/C19H20O6/c1-18-8-9-24-10-19(18)15(18)12-7-5-4-6-11(12)14(25-19)13(16(20)22-2)17(21)23-3/h4-9,13-15H,10H2,1-3H3. The van der Waals surface area contributed by atoms with Gasteiger partial charge in [0.05, 0.1) is 20.5 Å². The quantitative estimate of drug-likeness (QED) is 0.618. The molecule has 4 atom stereocenters. The van der Waals surface area contributed by atoms with Crippen molar-refractivity contribution in [1.82, 2.24) is 0 Å². The number of esters is 2. The van der Waals surface area contributed by atoms with Crippen LogP contribution in [0.1, 0.15) is 30.1 Å². The number of hydrogen-bond acceptors (Lipinski definition) is 6. The van der Waals surface area contributed by atoms with Gasteiger partial charge in [-0.2, -0.15) is 0 Å². The van der Waals surface area contributed by atoms with Crippen LogP contribution in [0.25, 0.3) is 0 Å². The zero-order chi connectivity index (χ0) is 17.8. The zero-order valence-electron chi connectivity index (χ0n) is 14.4. The molecule has 0 bridgehead atoms. The van der Waals surface area contributed by atoms with Crippen molar-refractivity contribution < 1.29 is 28.5 Å². The number of methoxy groups -OCH3 is 2. The molecule has 0 aromatic heterocycles. The number of rotatable bonds is 3. The van der Waals surface area contributed by atoms with Gasteiger partial charge >= 0.3 is 11.9 Å². The second-order valence-corrected chi connectivity index (χ2v) is 6.91. The molecule has 132 valence electrons. The fourth-order valence-corrected chi connectivity index (χ4v) is 4.49. The average Bonchev–Trinajstić information content (AvgIpc) is 3.21. The molecule has 1 spiro atoms. The molecule has 1 fully saturated rings. The molecule has 1 aromatic carbocycles. The number of carbonyl (C=O) groups is 2. The van der Waals surface area contributed by atoms with E-state index < -0.39 is 29.6 Å². The maximum Gasteiger partial charge on any atom is 0.323 e. The van der Waals surface area contributed by atoms with Crippen LogP contribution in [0.4, 0.5) is 0 Å². The van der Waals surface area contributed by atoms with Crippen LogP contribution in [0.5, 0.6) is 0 Å². The van der Waals surface area contributed by atoms with Crippen molar-refractivity contribution in [2.24, 2.45) is 11.3 Å². The molecule has 4 unspecified atom stereocenters. The van der Waals surface area contributed by atoms with Crippen LogP contribution in [0.15, 0.2) is 36.6 Å². The summed E-state index contributed by atoms with van der Waals surface area (Å²) in [4.78, 5) is 24.7. The lowest BCUT2D eigenvalue weighted by Gasteiger charge is -2.35. The summed E-state index contributed by atoms with van der Waals surface area (Å²) in [5.74, 6) is -2.39. The van der Waals surface area contributed by atoms with E-state index in [9.17, 15) is 9.59 Å². The molecule has 0 radical (unpaired) electrons. The van der Waals surface area contributed by atoms with E-state index in [-0.39, 0.29) is 11.3 Å². The summed E-state index contributed by atoms with van der Waals surface area (Å²) in [6.07, 6.45) is 2.93. The first-order valence-electron chi connectivity index (χ1n) is 8.22. The Morgan fingerprint density at radius 1 is 1.16 bits per heavy atom. The maximum atomic E-state index is 12.3. The number of fused-ring (bicyclic) bond motifs is 3. The summed E-state index contributed by atoms with van der Waals surface area (Å²) in [6.45, 7) is 2.49. The number of carbonyl (C=O) groups excluding carboxylic acids is 2. The van der Waals surface area contributed by atoms with E-state index in [2.05, 4.69) is 6.92 Å². The Hall–Kier alpha value is -2.34. The molecule has 1 saturated carbocycles. The van der Waals surface area contributed by atoms with Gasteiger partial charge in [0.1, 0.15) is 18.3 Å². The summed E-state index contributed by atoms with van der Waals surface area (Å²) in [5, 5.41) is 0. The molecule has 2 aliphatic heterocycles. The van der Waals surface area contributed by atoms with Gasteiger partial charge in [0, 0.05) is 11.3 Å². The van der Waals surface area contributed by atoms with Gasteiger partial charge in [0.15, 0.2) is 5.92 Å². The monoisotopic (exact) mass is 344 g/mol. The first-order chi connectivity index (χ1) is 12.0. The minimum atomic E-state index is -1.18. The highest BCUT2D eigenvalue weighted by Gasteiger charge is 2.79. The van der Waals surface area contributed by atoms with Crippen LogP contribution in [0.2, 0.25) is 0 Å². The maximum absolute atomic E-state index is 12.3. The van der Waals surface area contributed by atoms with Crippen molar-refractivity contribution in [2.75, 3.05) is 20.8 Å². The summed E-state index contributed by atoms with van der Waals surface area (Å²) in [6, 6.07) is 7.75. The minimum absolute atomic E-state index is 0.127. The molecule has 0 amide bonds. The third-order valence-electron chi connectivity index (χ3n) is 5.87. The van der Waals surface area contributed by atoms with Crippen LogP contribution >= 0.6 is 0 Å². The normalized spacial score (nSPS) is 34.2. The van der Waals surface area contributed by atoms with Crippen LogP contribution in [-0.2, 0) is 28.5 Å². The topological polar surface area (TPSA) is 71.1 Å². The molecule has 1 aliphatic carbocycles. The highest BCUT2D eigenvalue weighted by atomic mass is 16.6. The van der Waals surface area contributed by atoms with Gasteiger partial charge in [-0.15, -0.1) is 0 Å². The Bertz CT molecular complexity index is 755. The summed E-state index contributed by atoms with van der Waals surface area (Å²) >= 11 is 0. The largest absolute Gasteiger partial charge is 0.498 e. The van der Waals surface area contributed by atoms with E-state index in [1.807, 2.05) is 30.3 Å². The fraction of sp³-hybridized carbons (Fsp3) is 0.474. The van der Waals surface area contributed by atoms with E-state index >= 15 is 0 Å². The Kier molecular flexibility index (Phi) is 3.44. The Balaban J connectivity index is 1.84. The fourth-order valence-electron chi connectivity index (χ4n) is 4.49. The molecule has 0 saturated heterocycles. The molecule has 25 heavy (non-hydrogen) atoms. The van der Waals surface area contributed by atoms with Crippen LogP contribution in [-0.4, -0.2) is 38.4 Å². The lowest BCUT2D eigenvalue weighted by Crippen LogP contribution is -2.41. The molecule has 3 aliphatic rings. The Morgan fingerprint density at radius 2 is 1.80 bits per heavy atom. The van der Waals surface area contributed by atoms with E-state index in [4.69, 9.17) is 18.9 Å². The zero-order valence-corrected chi connectivity index (χ0v) is 14.4. The highest BCUT2D eigenvalue weighted by molar-refractivity contribution is 5.96. The van der Waals surface area contributed by atoms with E-state index in [1.54, 1.807) is 6.26 Å². The predicted molar refractivity (Wildman–Crippen MR) is 86.5 cm³/mol. The molecule has 0 N–H and O–H groups in total. The van der Waals surface area contributed by atoms with Gasteiger partial charge < -0.3 is 18.9 Å². The number of hydrogen-bond donors (Lipinski definition) is 0. The minimum Gasteiger partial charge on any atom is -0.498 e. The number of ether oxygens (including phenoxy) is 4. The van der Waals surface area contributed by atoms with Crippen LogP contribution in [0.3, 0.4) is 0 Å². The molecule has 4 rings (SSSR count). The summed E-state index contributed by atoms with van der Waals surface area (Å²) < 4.78 is 21.6. The smallest absolute Gasteiger partial charge is 0.323 e. The van der Waals surface area contributed by atoms with Gasteiger partial charge in [-0.05, 0) is 17.2 Å². The second-order valence-electron chi connectivity index (χ2n) is 6.91. The SMILES string of the molecule is COC(=O)C(C(=O)OC)C1OC23COC=CC2(C)C3c2ccccc21. The molecule has 6 nitrogen and oxygen atoms in total. The van der Waals surface area contributed by atoms with Gasteiger partial charge in [0.2, 0.25) is 0 Å². The molecule has 1 aromatic rings. The second kappa shape index (κ2) is 5.33. The van der Waals surface area contributed by atoms with Crippen molar-refractivity contribution in [3.63, 3.8) is 0 Å². The first-order valence-corrected chi connectivity index (χ1v) is 8.22. The first kappa shape index (κ1) is 16.1. The molecular weight excluding hydrogens is 324 g/mol. The van der Waals surface area contributed by atoms with Crippen molar-refractivity contribution in [3.05, 3.63) is 47.7 Å². The van der Waals surface area contributed by atoms with Crippen molar-refractivity contribution in [3.8, 4) is 0 Å². The number of benzene rings is 1. The van der Waals surface area contributed by atoms with E-state index in [0.717, 1.165) is 11.1 Å². The average molecular weight is 344 g/mol. The highest BCUT2D eigenvalue weighted by Crippen LogP contribution is 2.75. The van der Waals surface area contributed by atoms with Crippen molar-refractivity contribution in [2.45, 2.75) is 24.5 Å². The third kappa shape index (κ3) is 1.94. The lowest BCUT2D eigenvalue weighted by atomic mass is 9.87. The van der Waals surface area contributed by atoms with E-state index in [0.29, 0.717) is 6.61 Å².